The zero-order chi connectivity index (χ0) is 17.1. The third kappa shape index (κ3) is 3.58. The molecular formula is C18H15ClN2O2S. The van der Waals surface area contributed by atoms with Gasteiger partial charge in [0.1, 0.15) is 5.75 Å². The highest BCUT2D eigenvalue weighted by atomic mass is 35.5. The van der Waals surface area contributed by atoms with Gasteiger partial charge in [-0.2, -0.15) is 0 Å². The maximum Gasteiger partial charge on any atom is 0.257 e. The summed E-state index contributed by atoms with van der Waals surface area (Å²) in [6, 6.07) is 13.0. The van der Waals surface area contributed by atoms with Crippen LogP contribution in [-0.4, -0.2) is 18.0 Å². The molecule has 0 radical (unpaired) electrons. The highest BCUT2D eigenvalue weighted by molar-refractivity contribution is 7.14. The molecule has 3 aromatic rings. The highest BCUT2D eigenvalue weighted by Crippen LogP contribution is 2.27. The predicted molar refractivity (Wildman–Crippen MR) is 98.2 cm³/mol. The van der Waals surface area contributed by atoms with Gasteiger partial charge in [-0.3, -0.25) is 10.1 Å². The normalized spacial score (nSPS) is 10.5. The summed E-state index contributed by atoms with van der Waals surface area (Å²) in [5.41, 5.74) is 3.50. The smallest absolute Gasteiger partial charge is 0.257 e. The Hall–Kier alpha value is -2.37. The van der Waals surface area contributed by atoms with E-state index in [0.29, 0.717) is 21.5 Å². The minimum absolute atomic E-state index is 0.260. The average molecular weight is 359 g/mol. The van der Waals surface area contributed by atoms with Crippen molar-refractivity contribution < 1.29 is 9.53 Å². The molecule has 0 saturated carbocycles. The molecule has 4 nitrogen and oxygen atoms in total. The van der Waals surface area contributed by atoms with Crippen molar-refractivity contribution in [3.63, 3.8) is 0 Å². The van der Waals surface area contributed by atoms with E-state index in [1.165, 1.54) is 24.0 Å². The van der Waals surface area contributed by atoms with E-state index in [-0.39, 0.29) is 5.91 Å². The lowest BCUT2D eigenvalue weighted by atomic mass is 10.1. The topological polar surface area (TPSA) is 51.2 Å². The van der Waals surface area contributed by atoms with Gasteiger partial charge >= 0.3 is 0 Å². The van der Waals surface area contributed by atoms with Gasteiger partial charge in [0.05, 0.1) is 17.8 Å². The van der Waals surface area contributed by atoms with Gasteiger partial charge in [-0.15, -0.1) is 11.3 Å². The van der Waals surface area contributed by atoms with Gasteiger partial charge in [-0.1, -0.05) is 41.4 Å². The number of nitrogens with zero attached hydrogens (tertiary/aromatic N) is 1. The number of carbonyl (C=O) groups is 1. The van der Waals surface area contributed by atoms with Crippen LogP contribution in [0.3, 0.4) is 0 Å². The Balaban J connectivity index is 1.75. The van der Waals surface area contributed by atoms with Crippen LogP contribution in [0.1, 0.15) is 15.9 Å². The standard InChI is InChI=1S/C18H15ClN2O2S/c1-11-3-5-12(6-4-11)15-10-24-18(20-15)21-17(22)13-7-8-16(23-2)14(19)9-13/h3-10H,1-2H3,(H,20,21,22). The van der Waals surface area contributed by atoms with E-state index in [1.54, 1.807) is 18.2 Å². The molecule has 0 aliphatic rings. The van der Waals surface area contributed by atoms with Crippen molar-refractivity contribution in [2.24, 2.45) is 0 Å². The fourth-order valence-corrected chi connectivity index (χ4v) is 3.14. The van der Waals surface area contributed by atoms with Crippen LogP contribution in [0, 0.1) is 6.92 Å². The molecule has 0 fully saturated rings. The minimum Gasteiger partial charge on any atom is -0.495 e. The molecule has 1 N–H and O–H groups in total. The van der Waals surface area contributed by atoms with E-state index >= 15 is 0 Å². The maximum absolute atomic E-state index is 12.3. The number of thiazole rings is 1. The van der Waals surface area contributed by atoms with Crippen molar-refractivity contribution in [1.82, 2.24) is 4.98 Å². The molecule has 122 valence electrons. The Bertz CT molecular complexity index is 875. The molecule has 1 amide bonds. The molecule has 0 saturated heterocycles. The van der Waals surface area contributed by atoms with Crippen molar-refractivity contribution >= 4 is 34.0 Å². The van der Waals surface area contributed by atoms with Gasteiger partial charge in [0.15, 0.2) is 5.13 Å². The molecule has 0 aliphatic heterocycles. The van der Waals surface area contributed by atoms with Gasteiger partial charge in [-0.05, 0) is 25.1 Å². The lowest BCUT2D eigenvalue weighted by Gasteiger charge is -2.05. The summed E-state index contributed by atoms with van der Waals surface area (Å²) in [6.45, 7) is 2.04. The first-order valence-electron chi connectivity index (χ1n) is 7.24. The quantitative estimate of drug-likeness (QED) is 0.711. The van der Waals surface area contributed by atoms with Crippen molar-refractivity contribution in [2.75, 3.05) is 12.4 Å². The zero-order valence-electron chi connectivity index (χ0n) is 13.2. The molecule has 2 aromatic carbocycles. The van der Waals surface area contributed by atoms with Gasteiger partial charge < -0.3 is 4.74 Å². The maximum atomic E-state index is 12.3. The second kappa shape index (κ2) is 7.03. The van der Waals surface area contributed by atoms with Gasteiger partial charge in [0.2, 0.25) is 0 Å². The summed E-state index contributed by atoms with van der Waals surface area (Å²) < 4.78 is 5.08. The number of hydrogen-bond acceptors (Lipinski definition) is 4. The first-order chi connectivity index (χ1) is 11.6. The van der Waals surface area contributed by atoms with E-state index in [4.69, 9.17) is 16.3 Å². The second-order valence-corrected chi connectivity index (χ2v) is 6.47. The Morgan fingerprint density at radius 3 is 2.62 bits per heavy atom. The number of halogens is 1. The summed E-state index contributed by atoms with van der Waals surface area (Å²) >= 11 is 7.44. The molecule has 0 atom stereocenters. The number of methoxy groups -OCH3 is 1. The van der Waals surface area contributed by atoms with E-state index in [9.17, 15) is 4.79 Å². The SMILES string of the molecule is COc1ccc(C(=O)Nc2nc(-c3ccc(C)cc3)cs2)cc1Cl. The number of anilines is 1. The minimum atomic E-state index is -0.260. The van der Waals surface area contributed by atoms with Crippen molar-refractivity contribution in [2.45, 2.75) is 6.92 Å². The zero-order valence-corrected chi connectivity index (χ0v) is 14.7. The van der Waals surface area contributed by atoms with Crippen molar-refractivity contribution in [1.29, 1.82) is 0 Å². The Labute approximate surface area is 149 Å². The first kappa shape index (κ1) is 16.5. The lowest BCUT2D eigenvalue weighted by Crippen LogP contribution is -2.11. The Morgan fingerprint density at radius 2 is 1.96 bits per heavy atom. The van der Waals surface area contributed by atoms with Crippen LogP contribution in [0.2, 0.25) is 5.02 Å². The van der Waals surface area contributed by atoms with Gasteiger partial charge in [0, 0.05) is 16.5 Å². The summed E-state index contributed by atoms with van der Waals surface area (Å²) in [5.74, 6) is 0.272. The fraction of sp³-hybridized carbons (Fsp3) is 0.111. The van der Waals surface area contributed by atoms with Gasteiger partial charge in [-0.25, -0.2) is 4.98 Å². The number of rotatable bonds is 4. The molecule has 0 bridgehead atoms. The summed E-state index contributed by atoms with van der Waals surface area (Å²) in [4.78, 5) is 16.8. The largest absolute Gasteiger partial charge is 0.495 e. The first-order valence-corrected chi connectivity index (χ1v) is 8.50. The number of aryl methyl sites for hydroxylation is 1. The fourth-order valence-electron chi connectivity index (χ4n) is 2.16. The van der Waals surface area contributed by atoms with Crippen LogP contribution in [0.5, 0.6) is 5.75 Å². The summed E-state index contributed by atoms with van der Waals surface area (Å²) in [5, 5.41) is 5.65. The van der Waals surface area contributed by atoms with Crippen LogP contribution in [0.15, 0.2) is 47.8 Å². The highest BCUT2D eigenvalue weighted by Gasteiger charge is 2.12. The van der Waals surface area contributed by atoms with Crippen LogP contribution >= 0.6 is 22.9 Å². The molecule has 0 aliphatic carbocycles. The number of ether oxygens (including phenoxy) is 1. The number of hydrogen-bond donors (Lipinski definition) is 1. The Morgan fingerprint density at radius 1 is 1.21 bits per heavy atom. The predicted octanol–water partition coefficient (Wildman–Crippen LogP) is 5.03. The third-order valence-electron chi connectivity index (χ3n) is 3.49. The van der Waals surface area contributed by atoms with Crippen LogP contribution < -0.4 is 10.1 Å². The third-order valence-corrected chi connectivity index (χ3v) is 4.54. The summed E-state index contributed by atoms with van der Waals surface area (Å²) in [7, 11) is 1.53. The second-order valence-electron chi connectivity index (χ2n) is 5.21. The van der Waals surface area contributed by atoms with E-state index in [1.807, 2.05) is 36.6 Å². The molecule has 1 aromatic heterocycles. The van der Waals surface area contributed by atoms with E-state index in [0.717, 1.165) is 11.3 Å². The number of nitrogens with one attached hydrogen (secondary N) is 1. The summed E-state index contributed by atoms with van der Waals surface area (Å²) in [6.07, 6.45) is 0. The molecule has 0 spiro atoms. The number of amides is 1. The lowest BCUT2D eigenvalue weighted by molar-refractivity contribution is 0.102. The number of benzene rings is 2. The van der Waals surface area contributed by atoms with E-state index in [2.05, 4.69) is 10.3 Å². The number of aromatic nitrogens is 1. The van der Waals surface area contributed by atoms with Crippen LogP contribution in [0.4, 0.5) is 5.13 Å². The van der Waals surface area contributed by atoms with Gasteiger partial charge in [0.25, 0.3) is 5.91 Å². The molecule has 6 heteroatoms. The van der Waals surface area contributed by atoms with Crippen molar-refractivity contribution in [3.8, 4) is 17.0 Å². The number of carbonyl (C=O) groups excluding carboxylic acids is 1. The average Bonchev–Trinajstić information content (AvgIpc) is 3.04. The Kier molecular flexibility index (Phi) is 4.83. The molecule has 3 rings (SSSR count). The molecule has 0 unspecified atom stereocenters. The molecule has 24 heavy (non-hydrogen) atoms. The van der Waals surface area contributed by atoms with Crippen molar-refractivity contribution in [3.05, 3.63) is 64.0 Å². The molecular weight excluding hydrogens is 344 g/mol. The van der Waals surface area contributed by atoms with Crippen LogP contribution in [0.25, 0.3) is 11.3 Å². The molecule has 1 heterocycles. The van der Waals surface area contributed by atoms with Crippen LogP contribution in [-0.2, 0) is 0 Å². The van der Waals surface area contributed by atoms with E-state index < -0.39 is 0 Å². The monoisotopic (exact) mass is 358 g/mol.